The van der Waals surface area contributed by atoms with Crippen LogP contribution >= 0.6 is 15.9 Å². The number of carbonyl (C=O) groups excluding carboxylic acids is 1. The molecule has 0 spiro atoms. The fourth-order valence-electron chi connectivity index (χ4n) is 2.04. The molecule has 1 rings (SSSR count). The molecule has 0 bridgehead atoms. The van der Waals surface area contributed by atoms with E-state index in [-0.39, 0.29) is 12.1 Å². The number of carbonyl (C=O) groups is 1. The molecule has 1 amide bonds. The molecule has 0 heterocycles. The van der Waals surface area contributed by atoms with Crippen LogP contribution in [0.1, 0.15) is 52.1 Å². The van der Waals surface area contributed by atoms with Gasteiger partial charge in [0.25, 0.3) is 0 Å². The van der Waals surface area contributed by atoms with Gasteiger partial charge in [0, 0.05) is 11.5 Å². The minimum Gasteiger partial charge on any atom is -0.444 e. The highest BCUT2D eigenvalue weighted by Gasteiger charge is 2.26. The van der Waals surface area contributed by atoms with Gasteiger partial charge in [-0.3, -0.25) is 0 Å². The highest BCUT2D eigenvalue weighted by atomic mass is 79.9. The van der Waals surface area contributed by atoms with E-state index in [2.05, 4.69) is 22.9 Å². The summed E-state index contributed by atoms with van der Waals surface area (Å²) in [6.07, 6.45) is 1.61. The van der Waals surface area contributed by atoms with Crippen molar-refractivity contribution in [2.24, 2.45) is 0 Å². The van der Waals surface area contributed by atoms with E-state index in [4.69, 9.17) is 4.74 Å². The Hall–Kier alpha value is -1.03. The van der Waals surface area contributed by atoms with Gasteiger partial charge in [-0.05, 0) is 38.8 Å². The number of halogens is 1. The smallest absolute Gasteiger partial charge is 0.410 e. The van der Waals surface area contributed by atoms with Gasteiger partial charge in [-0.1, -0.05) is 47.5 Å². The first-order valence-corrected chi connectivity index (χ1v) is 7.75. The summed E-state index contributed by atoms with van der Waals surface area (Å²) in [5.74, 6) is 0. The fourth-order valence-corrected chi connectivity index (χ4v) is 2.59. The Morgan fingerprint density at radius 2 is 1.95 bits per heavy atom. The molecule has 0 fully saturated rings. The molecule has 1 atom stereocenters. The van der Waals surface area contributed by atoms with Crippen LogP contribution in [0.3, 0.4) is 0 Å². The Labute approximate surface area is 130 Å². The van der Waals surface area contributed by atoms with Crippen LogP contribution in [0.25, 0.3) is 0 Å². The van der Waals surface area contributed by atoms with Crippen molar-refractivity contribution in [3.63, 3.8) is 0 Å². The van der Waals surface area contributed by atoms with E-state index in [1.54, 1.807) is 11.9 Å². The zero-order chi connectivity index (χ0) is 15.3. The Bertz CT molecular complexity index is 454. The highest BCUT2D eigenvalue weighted by Crippen LogP contribution is 2.31. The predicted molar refractivity (Wildman–Crippen MR) is 85.8 cm³/mol. The van der Waals surface area contributed by atoms with E-state index in [1.807, 2.05) is 45.0 Å². The first-order valence-electron chi connectivity index (χ1n) is 6.96. The van der Waals surface area contributed by atoms with E-state index >= 15 is 0 Å². The number of hydrogen-bond acceptors (Lipinski definition) is 2. The Balaban J connectivity index is 2.96. The maximum atomic E-state index is 12.2. The van der Waals surface area contributed by atoms with E-state index in [1.165, 1.54) is 0 Å². The highest BCUT2D eigenvalue weighted by molar-refractivity contribution is 9.10. The first-order chi connectivity index (χ1) is 9.26. The standard InChI is InChI=1S/C16H24BrNO2/c1-6-9-14(12-10-7-8-11-13(12)17)18(5)15(19)20-16(2,3)4/h7-8,10-11,14H,6,9H2,1-5H3. The molecule has 1 aromatic rings. The van der Waals surface area contributed by atoms with Crippen LogP contribution < -0.4 is 0 Å². The van der Waals surface area contributed by atoms with Crippen molar-refractivity contribution in [3.8, 4) is 0 Å². The topological polar surface area (TPSA) is 29.5 Å². The zero-order valence-corrected chi connectivity index (χ0v) is 14.5. The van der Waals surface area contributed by atoms with Crippen molar-refractivity contribution in [1.29, 1.82) is 0 Å². The van der Waals surface area contributed by atoms with Gasteiger partial charge >= 0.3 is 6.09 Å². The lowest BCUT2D eigenvalue weighted by atomic mass is 10.0. The molecule has 0 aliphatic rings. The van der Waals surface area contributed by atoms with E-state index < -0.39 is 5.60 Å². The molecule has 0 aliphatic heterocycles. The monoisotopic (exact) mass is 341 g/mol. The second kappa shape index (κ2) is 7.11. The van der Waals surface area contributed by atoms with Gasteiger partial charge in [-0.25, -0.2) is 4.79 Å². The van der Waals surface area contributed by atoms with Crippen LogP contribution in [0.2, 0.25) is 0 Å². The third kappa shape index (κ3) is 4.82. The van der Waals surface area contributed by atoms with Crippen LogP contribution in [0, 0.1) is 0 Å². The molecule has 0 N–H and O–H groups in total. The average Bonchev–Trinajstić information content (AvgIpc) is 2.34. The van der Waals surface area contributed by atoms with Crippen LogP contribution in [0.5, 0.6) is 0 Å². The fraction of sp³-hybridized carbons (Fsp3) is 0.562. The molecule has 0 radical (unpaired) electrons. The molecule has 1 unspecified atom stereocenters. The second-order valence-corrected chi connectivity index (χ2v) is 6.77. The van der Waals surface area contributed by atoms with Gasteiger partial charge in [-0.2, -0.15) is 0 Å². The van der Waals surface area contributed by atoms with Crippen LogP contribution in [0.15, 0.2) is 28.7 Å². The number of hydrogen-bond donors (Lipinski definition) is 0. The number of rotatable bonds is 4. The second-order valence-electron chi connectivity index (χ2n) is 5.92. The molecule has 0 aromatic heterocycles. The quantitative estimate of drug-likeness (QED) is 0.757. The molecule has 112 valence electrons. The van der Waals surface area contributed by atoms with Crippen molar-refractivity contribution in [3.05, 3.63) is 34.3 Å². The Kier molecular flexibility index (Phi) is 6.06. The summed E-state index contributed by atoms with van der Waals surface area (Å²) in [6, 6.07) is 8.03. The Morgan fingerprint density at radius 3 is 2.45 bits per heavy atom. The van der Waals surface area contributed by atoms with E-state index in [9.17, 15) is 4.79 Å². The molecule has 20 heavy (non-hydrogen) atoms. The van der Waals surface area contributed by atoms with Crippen LogP contribution in [-0.4, -0.2) is 23.6 Å². The number of amides is 1. The number of benzene rings is 1. The molecule has 0 saturated carbocycles. The van der Waals surface area contributed by atoms with Crippen LogP contribution in [0.4, 0.5) is 4.79 Å². The molecular formula is C16H24BrNO2. The average molecular weight is 342 g/mol. The molecule has 4 heteroatoms. The maximum Gasteiger partial charge on any atom is 0.410 e. The lowest BCUT2D eigenvalue weighted by Gasteiger charge is -2.31. The maximum absolute atomic E-state index is 12.2. The third-order valence-electron chi connectivity index (χ3n) is 2.98. The van der Waals surface area contributed by atoms with Crippen molar-refractivity contribution >= 4 is 22.0 Å². The van der Waals surface area contributed by atoms with Gasteiger partial charge in [0.15, 0.2) is 0 Å². The lowest BCUT2D eigenvalue weighted by molar-refractivity contribution is 0.0210. The summed E-state index contributed by atoms with van der Waals surface area (Å²) in [5.41, 5.74) is 0.637. The van der Waals surface area contributed by atoms with Gasteiger partial charge in [-0.15, -0.1) is 0 Å². The molecule has 0 aliphatic carbocycles. The summed E-state index contributed by atoms with van der Waals surface area (Å²) >= 11 is 3.57. The lowest BCUT2D eigenvalue weighted by Crippen LogP contribution is -2.36. The molecule has 3 nitrogen and oxygen atoms in total. The molecular weight excluding hydrogens is 318 g/mol. The van der Waals surface area contributed by atoms with Crippen molar-refractivity contribution in [2.75, 3.05) is 7.05 Å². The predicted octanol–water partition coefficient (Wildman–Crippen LogP) is 5.16. The first kappa shape index (κ1) is 17.0. The largest absolute Gasteiger partial charge is 0.444 e. The van der Waals surface area contributed by atoms with Gasteiger partial charge < -0.3 is 9.64 Å². The number of nitrogens with zero attached hydrogens (tertiary/aromatic N) is 1. The van der Waals surface area contributed by atoms with Crippen molar-refractivity contribution in [1.82, 2.24) is 4.90 Å². The summed E-state index contributed by atoms with van der Waals surface area (Å²) in [4.78, 5) is 13.9. The van der Waals surface area contributed by atoms with Crippen molar-refractivity contribution in [2.45, 2.75) is 52.2 Å². The van der Waals surface area contributed by atoms with Gasteiger partial charge in [0.05, 0.1) is 6.04 Å². The van der Waals surface area contributed by atoms with Crippen molar-refractivity contribution < 1.29 is 9.53 Å². The summed E-state index contributed by atoms with van der Waals surface area (Å²) in [5, 5.41) is 0. The summed E-state index contributed by atoms with van der Waals surface area (Å²) in [7, 11) is 1.80. The SMILES string of the molecule is CCCC(c1ccccc1Br)N(C)C(=O)OC(C)(C)C. The van der Waals surface area contributed by atoms with Gasteiger partial charge in [0.2, 0.25) is 0 Å². The zero-order valence-electron chi connectivity index (χ0n) is 12.9. The normalized spacial score (nSPS) is 12.9. The third-order valence-corrected chi connectivity index (χ3v) is 3.70. The summed E-state index contributed by atoms with van der Waals surface area (Å²) < 4.78 is 6.48. The Morgan fingerprint density at radius 1 is 1.35 bits per heavy atom. The minimum atomic E-state index is -0.476. The minimum absolute atomic E-state index is 0.0189. The molecule has 0 saturated heterocycles. The van der Waals surface area contributed by atoms with Crippen LogP contribution in [-0.2, 0) is 4.74 Å². The van der Waals surface area contributed by atoms with E-state index in [0.717, 1.165) is 22.9 Å². The van der Waals surface area contributed by atoms with Gasteiger partial charge in [0.1, 0.15) is 5.60 Å². The number of ether oxygens (including phenoxy) is 1. The molecule has 1 aromatic carbocycles. The summed E-state index contributed by atoms with van der Waals surface area (Å²) in [6.45, 7) is 7.76. The van der Waals surface area contributed by atoms with E-state index in [0.29, 0.717) is 0 Å².